The Balaban J connectivity index is 1.61. The molecule has 2 N–H and O–H groups in total. The molecular weight excluding hydrogens is 448 g/mol. The summed E-state index contributed by atoms with van der Waals surface area (Å²) in [5.41, 5.74) is 2.77. The number of ether oxygens (including phenoxy) is 1. The number of rotatable bonds is 4. The molecule has 1 aromatic heterocycles. The van der Waals surface area contributed by atoms with Gasteiger partial charge in [-0.3, -0.25) is 20.4 Å². The number of hydrazine groups is 1. The maximum Gasteiger partial charge on any atom is 0.416 e. The van der Waals surface area contributed by atoms with Crippen LogP contribution in [0.3, 0.4) is 0 Å². The summed E-state index contributed by atoms with van der Waals surface area (Å²) in [6.07, 6.45) is -4.60. The van der Waals surface area contributed by atoms with E-state index in [1.807, 2.05) is 10.9 Å². The average Bonchev–Trinajstić information content (AvgIpc) is 3.13. The van der Waals surface area contributed by atoms with Crippen molar-refractivity contribution in [1.82, 2.24) is 10.9 Å². The first kappa shape index (κ1) is 21.5. The first-order chi connectivity index (χ1) is 14.1. The van der Waals surface area contributed by atoms with Gasteiger partial charge < -0.3 is 9.15 Å². The summed E-state index contributed by atoms with van der Waals surface area (Å²) in [4.78, 5) is 24.1. The van der Waals surface area contributed by atoms with Crippen LogP contribution in [0.25, 0.3) is 0 Å². The predicted octanol–water partition coefficient (Wildman–Crippen LogP) is 5.47. The molecule has 11 heteroatoms. The molecule has 3 rings (SSSR count). The fourth-order valence-corrected chi connectivity index (χ4v) is 2.79. The van der Waals surface area contributed by atoms with Crippen LogP contribution in [0.15, 0.2) is 59.0 Å². The quantitative estimate of drug-likeness (QED) is 0.507. The standard InChI is InChI=1S/C19H11Cl2F3N2O4/c20-12-7-13(21)9-14(8-12)29-16-5-4-15(30-16)18(28)26-25-17(27)10-2-1-3-11(6-10)19(22,23)24/h1-9H,(H,25,27)(H,26,28). The molecule has 0 unspecified atom stereocenters. The van der Waals surface area contributed by atoms with E-state index in [0.717, 1.165) is 12.1 Å². The van der Waals surface area contributed by atoms with Gasteiger partial charge in [0.1, 0.15) is 5.75 Å². The van der Waals surface area contributed by atoms with Gasteiger partial charge in [0.25, 0.3) is 11.9 Å². The average molecular weight is 459 g/mol. The summed E-state index contributed by atoms with van der Waals surface area (Å²) >= 11 is 11.7. The molecule has 3 aromatic rings. The zero-order chi connectivity index (χ0) is 21.9. The van der Waals surface area contributed by atoms with Gasteiger partial charge in [-0.2, -0.15) is 13.2 Å². The molecule has 30 heavy (non-hydrogen) atoms. The van der Waals surface area contributed by atoms with E-state index in [-0.39, 0.29) is 23.0 Å². The molecule has 0 spiro atoms. The highest BCUT2D eigenvalue weighted by atomic mass is 35.5. The monoisotopic (exact) mass is 458 g/mol. The molecule has 0 atom stereocenters. The van der Waals surface area contributed by atoms with Crippen molar-refractivity contribution in [2.75, 3.05) is 0 Å². The van der Waals surface area contributed by atoms with Crippen molar-refractivity contribution in [2.24, 2.45) is 0 Å². The molecule has 1 heterocycles. The second-order valence-electron chi connectivity index (χ2n) is 5.81. The first-order valence-corrected chi connectivity index (χ1v) is 8.89. The van der Waals surface area contributed by atoms with Gasteiger partial charge in [-0.05, 0) is 42.5 Å². The number of amides is 2. The summed E-state index contributed by atoms with van der Waals surface area (Å²) in [6, 6.07) is 10.8. The van der Waals surface area contributed by atoms with E-state index in [4.69, 9.17) is 32.4 Å². The Hall–Kier alpha value is -3.17. The summed E-state index contributed by atoms with van der Waals surface area (Å²) < 4.78 is 48.8. The highest BCUT2D eigenvalue weighted by Gasteiger charge is 2.31. The van der Waals surface area contributed by atoms with Crippen LogP contribution in [-0.4, -0.2) is 11.8 Å². The Morgan fingerprint density at radius 2 is 1.57 bits per heavy atom. The van der Waals surface area contributed by atoms with Crippen molar-refractivity contribution >= 4 is 35.0 Å². The third kappa shape index (κ3) is 5.46. The van der Waals surface area contributed by atoms with Crippen LogP contribution in [0.1, 0.15) is 26.5 Å². The fraction of sp³-hybridized carbons (Fsp3) is 0.0526. The van der Waals surface area contributed by atoms with E-state index in [1.54, 1.807) is 0 Å². The molecule has 6 nitrogen and oxygen atoms in total. The number of halogens is 5. The predicted molar refractivity (Wildman–Crippen MR) is 102 cm³/mol. The number of carbonyl (C=O) groups is 2. The minimum absolute atomic E-state index is 0.0531. The van der Waals surface area contributed by atoms with E-state index in [2.05, 4.69) is 0 Å². The van der Waals surface area contributed by atoms with Crippen LogP contribution in [-0.2, 0) is 6.18 Å². The lowest BCUT2D eigenvalue weighted by Crippen LogP contribution is -2.41. The SMILES string of the molecule is O=C(NNC(=O)c1ccc(Oc2cc(Cl)cc(Cl)c2)o1)c1cccc(C(F)(F)F)c1. The van der Waals surface area contributed by atoms with E-state index >= 15 is 0 Å². The van der Waals surface area contributed by atoms with E-state index in [0.29, 0.717) is 16.1 Å². The smallest absolute Gasteiger partial charge is 0.416 e. The Kier molecular flexibility index (Phi) is 6.23. The molecule has 0 aliphatic rings. The van der Waals surface area contributed by atoms with Crippen molar-refractivity contribution in [1.29, 1.82) is 0 Å². The molecule has 2 aromatic carbocycles. The minimum atomic E-state index is -4.60. The molecule has 0 aliphatic heterocycles. The lowest BCUT2D eigenvalue weighted by molar-refractivity contribution is -0.137. The van der Waals surface area contributed by atoms with Gasteiger partial charge in [0.05, 0.1) is 5.56 Å². The van der Waals surface area contributed by atoms with Crippen LogP contribution in [0.4, 0.5) is 13.2 Å². The van der Waals surface area contributed by atoms with E-state index in [1.165, 1.54) is 36.4 Å². The molecule has 156 valence electrons. The summed E-state index contributed by atoms with van der Waals surface area (Å²) in [6.45, 7) is 0. The second kappa shape index (κ2) is 8.68. The Bertz CT molecular complexity index is 1080. The van der Waals surface area contributed by atoms with Crippen molar-refractivity contribution < 1.29 is 31.9 Å². The Morgan fingerprint density at radius 3 is 2.23 bits per heavy atom. The number of alkyl halides is 3. The highest BCUT2D eigenvalue weighted by Crippen LogP contribution is 2.30. The first-order valence-electron chi connectivity index (χ1n) is 8.13. The Morgan fingerprint density at radius 1 is 0.900 bits per heavy atom. The zero-order valence-corrected chi connectivity index (χ0v) is 16.2. The molecule has 0 saturated carbocycles. The molecule has 0 saturated heterocycles. The van der Waals surface area contributed by atoms with Gasteiger partial charge in [-0.15, -0.1) is 0 Å². The van der Waals surface area contributed by atoms with Crippen LogP contribution >= 0.6 is 23.2 Å². The van der Waals surface area contributed by atoms with Gasteiger partial charge in [0.15, 0.2) is 5.76 Å². The number of carbonyl (C=O) groups excluding carboxylic acids is 2. The molecule has 0 bridgehead atoms. The number of hydrogen-bond acceptors (Lipinski definition) is 4. The van der Waals surface area contributed by atoms with Gasteiger partial charge in [0.2, 0.25) is 0 Å². The maximum absolute atomic E-state index is 12.7. The van der Waals surface area contributed by atoms with Gasteiger partial charge in [0, 0.05) is 21.7 Å². The van der Waals surface area contributed by atoms with Crippen molar-refractivity contribution in [3.05, 3.63) is 81.5 Å². The van der Waals surface area contributed by atoms with Crippen molar-refractivity contribution in [3.8, 4) is 11.7 Å². The summed E-state index contributed by atoms with van der Waals surface area (Å²) in [5.74, 6) is -1.79. The van der Waals surface area contributed by atoms with Gasteiger partial charge >= 0.3 is 12.1 Å². The van der Waals surface area contributed by atoms with Gasteiger partial charge in [-0.1, -0.05) is 29.3 Å². The second-order valence-corrected chi connectivity index (χ2v) is 6.69. The molecule has 2 amide bonds. The van der Waals surface area contributed by atoms with Crippen LogP contribution < -0.4 is 15.6 Å². The molecule has 0 radical (unpaired) electrons. The van der Waals surface area contributed by atoms with Crippen molar-refractivity contribution in [3.63, 3.8) is 0 Å². The lowest BCUT2D eigenvalue weighted by Gasteiger charge is -2.09. The number of nitrogens with one attached hydrogen (secondary N) is 2. The highest BCUT2D eigenvalue weighted by molar-refractivity contribution is 6.34. The molecule has 0 aliphatic carbocycles. The van der Waals surface area contributed by atoms with Crippen LogP contribution in [0, 0.1) is 0 Å². The van der Waals surface area contributed by atoms with E-state index in [9.17, 15) is 22.8 Å². The number of furan rings is 1. The summed E-state index contributed by atoms with van der Waals surface area (Å²) in [7, 11) is 0. The molecular formula is C19H11Cl2F3N2O4. The lowest BCUT2D eigenvalue weighted by atomic mass is 10.1. The van der Waals surface area contributed by atoms with Crippen molar-refractivity contribution in [2.45, 2.75) is 6.18 Å². The maximum atomic E-state index is 12.7. The largest absolute Gasteiger partial charge is 0.426 e. The molecule has 0 fully saturated rings. The number of benzene rings is 2. The topological polar surface area (TPSA) is 80.6 Å². The third-order valence-electron chi connectivity index (χ3n) is 3.60. The number of hydrogen-bond donors (Lipinski definition) is 2. The van der Waals surface area contributed by atoms with Crippen LogP contribution in [0.2, 0.25) is 10.0 Å². The minimum Gasteiger partial charge on any atom is -0.426 e. The van der Waals surface area contributed by atoms with Gasteiger partial charge in [-0.25, -0.2) is 0 Å². The van der Waals surface area contributed by atoms with E-state index < -0.39 is 23.6 Å². The summed E-state index contributed by atoms with van der Waals surface area (Å²) in [5, 5.41) is 0.665. The normalized spacial score (nSPS) is 11.1. The third-order valence-corrected chi connectivity index (χ3v) is 4.04. The Labute approximate surface area is 177 Å². The van der Waals surface area contributed by atoms with Crippen LogP contribution in [0.5, 0.6) is 11.7 Å². The fourth-order valence-electron chi connectivity index (χ4n) is 2.28. The zero-order valence-electron chi connectivity index (χ0n) is 14.7.